The van der Waals surface area contributed by atoms with Crippen LogP contribution in [0.1, 0.15) is 23.6 Å². The van der Waals surface area contributed by atoms with Crippen molar-refractivity contribution < 1.29 is 9.53 Å². The van der Waals surface area contributed by atoms with Gasteiger partial charge in [-0.15, -0.1) is 0 Å². The molecule has 2 aromatic rings. The second-order valence-electron chi connectivity index (χ2n) is 5.15. The molecule has 0 aliphatic heterocycles. The SMILES string of the molecule is Cc1ccc(OC(C)C(=O)N/N=C/c2ccccc2)cc1C. The molecule has 0 bridgehead atoms. The Labute approximate surface area is 130 Å². The van der Waals surface area contributed by atoms with Gasteiger partial charge in [-0.25, -0.2) is 5.43 Å². The van der Waals surface area contributed by atoms with Gasteiger partial charge in [-0.2, -0.15) is 5.10 Å². The molecule has 4 heteroatoms. The molecule has 0 aliphatic rings. The average Bonchev–Trinajstić information content (AvgIpc) is 2.52. The molecule has 1 atom stereocenters. The largest absolute Gasteiger partial charge is 0.481 e. The van der Waals surface area contributed by atoms with Gasteiger partial charge in [0.1, 0.15) is 5.75 Å². The molecule has 1 unspecified atom stereocenters. The summed E-state index contributed by atoms with van der Waals surface area (Å²) in [6.07, 6.45) is 0.982. The number of ether oxygens (including phenoxy) is 1. The van der Waals surface area contributed by atoms with Gasteiger partial charge >= 0.3 is 0 Å². The van der Waals surface area contributed by atoms with Crippen molar-refractivity contribution in [2.24, 2.45) is 5.10 Å². The Bertz CT molecular complexity index is 666. The van der Waals surface area contributed by atoms with Crippen LogP contribution in [-0.2, 0) is 4.79 Å². The van der Waals surface area contributed by atoms with Crippen LogP contribution in [0.25, 0.3) is 0 Å². The summed E-state index contributed by atoms with van der Waals surface area (Å²) in [6.45, 7) is 5.74. The van der Waals surface area contributed by atoms with Crippen LogP contribution >= 0.6 is 0 Å². The highest BCUT2D eigenvalue weighted by molar-refractivity contribution is 5.84. The molecule has 1 amide bonds. The van der Waals surface area contributed by atoms with E-state index >= 15 is 0 Å². The summed E-state index contributed by atoms with van der Waals surface area (Å²) in [5.41, 5.74) is 5.73. The Hall–Kier alpha value is -2.62. The number of rotatable bonds is 5. The van der Waals surface area contributed by atoms with E-state index in [1.165, 1.54) is 5.56 Å². The van der Waals surface area contributed by atoms with Crippen molar-refractivity contribution in [2.45, 2.75) is 26.9 Å². The highest BCUT2D eigenvalue weighted by Crippen LogP contribution is 2.17. The third-order valence-electron chi connectivity index (χ3n) is 3.35. The minimum Gasteiger partial charge on any atom is -0.481 e. The number of nitrogens with zero attached hydrogens (tertiary/aromatic N) is 1. The monoisotopic (exact) mass is 296 g/mol. The fraction of sp³-hybridized carbons (Fsp3) is 0.222. The number of carbonyl (C=O) groups excluding carboxylic acids is 1. The number of hydrogen-bond donors (Lipinski definition) is 1. The van der Waals surface area contributed by atoms with Gasteiger partial charge in [0, 0.05) is 0 Å². The third kappa shape index (κ3) is 4.45. The zero-order valence-corrected chi connectivity index (χ0v) is 13.0. The average molecular weight is 296 g/mol. The van der Waals surface area contributed by atoms with Crippen LogP contribution in [0.2, 0.25) is 0 Å². The van der Waals surface area contributed by atoms with Gasteiger partial charge in [-0.3, -0.25) is 4.79 Å². The summed E-state index contributed by atoms with van der Waals surface area (Å²) in [4.78, 5) is 11.9. The molecular weight excluding hydrogens is 276 g/mol. The van der Waals surface area contributed by atoms with E-state index in [0.717, 1.165) is 11.1 Å². The highest BCUT2D eigenvalue weighted by atomic mass is 16.5. The first-order valence-corrected chi connectivity index (χ1v) is 7.18. The Balaban J connectivity index is 1.89. The molecule has 0 fully saturated rings. The molecule has 0 radical (unpaired) electrons. The van der Waals surface area contributed by atoms with Crippen molar-refractivity contribution in [1.82, 2.24) is 5.43 Å². The maximum atomic E-state index is 11.9. The number of hydrazone groups is 1. The quantitative estimate of drug-likeness (QED) is 0.680. The van der Waals surface area contributed by atoms with E-state index in [1.807, 2.05) is 62.4 Å². The molecule has 2 rings (SSSR count). The van der Waals surface area contributed by atoms with E-state index < -0.39 is 6.10 Å². The lowest BCUT2D eigenvalue weighted by Crippen LogP contribution is -2.33. The van der Waals surface area contributed by atoms with E-state index in [0.29, 0.717) is 5.75 Å². The molecule has 0 spiro atoms. The second-order valence-corrected chi connectivity index (χ2v) is 5.15. The van der Waals surface area contributed by atoms with Gasteiger partial charge in [-0.05, 0) is 49.6 Å². The van der Waals surface area contributed by atoms with Gasteiger partial charge in [-0.1, -0.05) is 36.4 Å². The van der Waals surface area contributed by atoms with Gasteiger partial charge in [0.15, 0.2) is 6.10 Å². The molecule has 4 nitrogen and oxygen atoms in total. The van der Waals surface area contributed by atoms with Crippen LogP contribution < -0.4 is 10.2 Å². The van der Waals surface area contributed by atoms with E-state index in [-0.39, 0.29) is 5.91 Å². The molecule has 0 saturated heterocycles. The summed E-state index contributed by atoms with van der Waals surface area (Å²) in [5, 5.41) is 3.93. The lowest BCUT2D eigenvalue weighted by Gasteiger charge is -2.14. The third-order valence-corrected chi connectivity index (χ3v) is 3.35. The predicted molar refractivity (Wildman–Crippen MR) is 88.2 cm³/mol. The van der Waals surface area contributed by atoms with Crippen molar-refractivity contribution in [2.75, 3.05) is 0 Å². The number of benzene rings is 2. The molecule has 0 heterocycles. The van der Waals surface area contributed by atoms with Crippen LogP contribution in [0, 0.1) is 13.8 Å². The first-order chi connectivity index (χ1) is 10.6. The molecule has 0 aliphatic carbocycles. The van der Waals surface area contributed by atoms with Crippen molar-refractivity contribution in [1.29, 1.82) is 0 Å². The van der Waals surface area contributed by atoms with Crippen LogP contribution in [0.5, 0.6) is 5.75 Å². The first-order valence-electron chi connectivity index (χ1n) is 7.18. The van der Waals surface area contributed by atoms with Crippen molar-refractivity contribution in [3.8, 4) is 5.75 Å². The van der Waals surface area contributed by atoms with E-state index in [1.54, 1.807) is 13.1 Å². The number of aryl methyl sites for hydroxylation is 2. The fourth-order valence-electron chi connectivity index (χ4n) is 1.85. The maximum absolute atomic E-state index is 11.9. The lowest BCUT2D eigenvalue weighted by atomic mass is 10.1. The maximum Gasteiger partial charge on any atom is 0.280 e. The smallest absolute Gasteiger partial charge is 0.280 e. The zero-order chi connectivity index (χ0) is 15.9. The Morgan fingerprint density at radius 2 is 1.86 bits per heavy atom. The van der Waals surface area contributed by atoms with Crippen LogP contribution in [0.3, 0.4) is 0 Å². The minimum atomic E-state index is -0.616. The topological polar surface area (TPSA) is 50.7 Å². The molecule has 1 N–H and O–H groups in total. The first kappa shape index (κ1) is 15.8. The summed E-state index contributed by atoms with van der Waals surface area (Å²) >= 11 is 0. The summed E-state index contributed by atoms with van der Waals surface area (Å²) in [7, 11) is 0. The van der Waals surface area contributed by atoms with Gasteiger partial charge in [0.05, 0.1) is 6.21 Å². The Morgan fingerprint density at radius 3 is 2.55 bits per heavy atom. The highest BCUT2D eigenvalue weighted by Gasteiger charge is 2.14. The molecule has 114 valence electrons. The normalized spacial score (nSPS) is 12.1. The summed E-state index contributed by atoms with van der Waals surface area (Å²) in [5.74, 6) is 0.392. The fourth-order valence-corrected chi connectivity index (χ4v) is 1.85. The second kappa shape index (κ2) is 7.41. The van der Waals surface area contributed by atoms with E-state index in [4.69, 9.17) is 4.74 Å². The Kier molecular flexibility index (Phi) is 5.31. The lowest BCUT2D eigenvalue weighted by molar-refractivity contribution is -0.127. The van der Waals surface area contributed by atoms with Gasteiger partial charge in [0.25, 0.3) is 5.91 Å². The number of nitrogens with one attached hydrogen (secondary N) is 1. The number of amides is 1. The number of carbonyl (C=O) groups is 1. The molecular formula is C18H20N2O2. The molecule has 0 saturated carbocycles. The van der Waals surface area contributed by atoms with Crippen LogP contribution in [0.15, 0.2) is 53.6 Å². The minimum absolute atomic E-state index is 0.287. The summed E-state index contributed by atoms with van der Waals surface area (Å²) < 4.78 is 5.63. The van der Waals surface area contributed by atoms with Crippen molar-refractivity contribution in [3.63, 3.8) is 0 Å². The zero-order valence-electron chi connectivity index (χ0n) is 13.0. The standard InChI is InChI=1S/C18H20N2O2/c1-13-9-10-17(11-14(13)2)22-15(3)18(21)20-19-12-16-7-5-4-6-8-16/h4-12,15H,1-3H3,(H,20,21)/b19-12+. The summed E-state index contributed by atoms with van der Waals surface area (Å²) in [6, 6.07) is 15.3. The van der Waals surface area contributed by atoms with Crippen LogP contribution in [0.4, 0.5) is 0 Å². The number of hydrogen-bond acceptors (Lipinski definition) is 3. The molecule has 22 heavy (non-hydrogen) atoms. The van der Waals surface area contributed by atoms with E-state index in [2.05, 4.69) is 10.5 Å². The predicted octanol–water partition coefficient (Wildman–Crippen LogP) is 3.22. The Morgan fingerprint density at radius 1 is 1.14 bits per heavy atom. The van der Waals surface area contributed by atoms with Gasteiger partial charge in [0.2, 0.25) is 0 Å². The van der Waals surface area contributed by atoms with Crippen LogP contribution in [-0.4, -0.2) is 18.2 Å². The molecule has 2 aromatic carbocycles. The van der Waals surface area contributed by atoms with E-state index in [9.17, 15) is 4.79 Å². The van der Waals surface area contributed by atoms with Crippen molar-refractivity contribution >= 4 is 12.1 Å². The molecule has 0 aromatic heterocycles. The van der Waals surface area contributed by atoms with Crippen molar-refractivity contribution in [3.05, 3.63) is 65.2 Å². The van der Waals surface area contributed by atoms with Gasteiger partial charge < -0.3 is 4.74 Å².